The van der Waals surface area contributed by atoms with E-state index in [4.69, 9.17) is 4.98 Å². The van der Waals surface area contributed by atoms with E-state index in [0.29, 0.717) is 5.56 Å². The first-order valence-electron chi connectivity index (χ1n) is 13.0. The van der Waals surface area contributed by atoms with Crippen LogP contribution in [0.5, 0.6) is 0 Å². The third-order valence-corrected chi connectivity index (χ3v) is 7.67. The fraction of sp³-hybridized carbons (Fsp3) is 0.194. The number of aromatic amines is 1. The summed E-state index contributed by atoms with van der Waals surface area (Å²) in [5, 5.41) is 25.6. The van der Waals surface area contributed by atoms with E-state index in [-0.39, 0.29) is 12.1 Å². The predicted octanol–water partition coefficient (Wildman–Crippen LogP) is 6.31. The third-order valence-electron chi connectivity index (χ3n) is 7.67. The monoisotopic (exact) mass is 498 g/mol. The lowest BCUT2D eigenvalue weighted by Gasteiger charge is -2.27. The number of aromatic nitrogens is 4. The normalized spacial score (nSPS) is 17.7. The minimum Gasteiger partial charge on any atom is -0.393 e. The number of anilines is 1. The molecule has 0 bridgehead atoms. The molecule has 0 amide bonds. The average molecular weight is 499 g/mol. The second kappa shape index (κ2) is 9.02. The molecule has 1 aliphatic carbocycles. The van der Waals surface area contributed by atoms with Crippen LogP contribution in [0.4, 0.5) is 5.69 Å². The molecule has 1 saturated carbocycles. The number of benzene rings is 3. The van der Waals surface area contributed by atoms with Crippen LogP contribution < -0.4 is 5.32 Å². The number of aliphatic hydroxyl groups excluding tert-OH is 1. The van der Waals surface area contributed by atoms with Gasteiger partial charge in [-0.3, -0.25) is 4.98 Å². The van der Waals surface area contributed by atoms with Crippen LogP contribution in [0.3, 0.4) is 0 Å². The quantitative estimate of drug-likeness (QED) is 0.264. The molecule has 186 valence electrons. The molecule has 1 fully saturated rings. The Balaban J connectivity index is 1.41. The number of rotatable bonds is 4. The topological polar surface area (TPSA) is 103 Å². The summed E-state index contributed by atoms with van der Waals surface area (Å²) in [6, 6.07) is 25.2. The zero-order chi connectivity index (χ0) is 25.6. The third kappa shape index (κ3) is 3.69. The number of para-hydroxylation sites is 1. The summed E-state index contributed by atoms with van der Waals surface area (Å²) in [5.74, 6) is 0.808. The van der Waals surface area contributed by atoms with E-state index in [1.807, 2.05) is 18.2 Å². The Morgan fingerprint density at radius 3 is 2.66 bits per heavy atom. The highest BCUT2D eigenvalue weighted by Crippen LogP contribution is 2.38. The Morgan fingerprint density at radius 2 is 1.82 bits per heavy atom. The van der Waals surface area contributed by atoms with Gasteiger partial charge in [-0.1, -0.05) is 30.3 Å². The molecule has 3 heterocycles. The Kier molecular flexibility index (Phi) is 5.34. The molecule has 0 spiro atoms. The summed E-state index contributed by atoms with van der Waals surface area (Å²) in [7, 11) is 0. The van der Waals surface area contributed by atoms with Gasteiger partial charge in [-0.05, 0) is 62.1 Å². The number of nitriles is 1. The number of aliphatic hydroxyl groups is 1. The molecular formula is C31H26N6O. The highest BCUT2D eigenvalue weighted by Gasteiger charge is 2.21. The zero-order valence-electron chi connectivity index (χ0n) is 20.7. The van der Waals surface area contributed by atoms with Crippen LogP contribution in [-0.4, -0.2) is 36.8 Å². The number of nitrogens with zero attached hydrogens (tertiary/aromatic N) is 4. The summed E-state index contributed by atoms with van der Waals surface area (Å²) >= 11 is 0. The molecule has 0 unspecified atom stereocenters. The maximum atomic E-state index is 9.92. The fourth-order valence-corrected chi connectivity index (χ4v) is 5.81. The minimum absolute atomic E-state index is 0.218. The minimum atomic E-state index is -0.218. The van der Waals surface area contributed by atoms with Crippen LogP contribution in [0.25, 0.3) is 49.9 Å². The van der Waals surface area contributed by atoms with E-state index in [1.54, 1.807) is 12.4 Å². The van der Waals surface area contributed by atoms with E-state index in [0.717, 1.165) is 81.3 Å². The molecule has 3 N–H and O–H groups in total. The molecule has 0 saturated heterocycles. The van der Waals surface area contributed by atoms with Gasteiger partial charge in [0, 0.05) is 34.3 Å². The van der Waals surface area contributed by atoms with Crippen LogP contribution in [0, 0.1) is 11.3 Å². The van der Waals surface area contributed by atoms with Gasteiger partial charge < -0.3 is 20.0 Å². The zero-order valence-corrected chi connectivity index (χ0v) is 20.7. The van der Waals surface area contributed by atoms with E-state index in [9.17, 15) is 10.4 Å². The Bertz CT molecular complexity index is 1820. The van der Waals surface area contributed by atoms with Crippen molar-refractivity contribution in [2.75, 3.05) is 5.32 Å². The first-order chi connectivity index (χ1) is 18.7. The predicted molar refractivity (Wildman–Crippen MR) is 150 cm³/mol. The van der Waals surface area contributed by atoms with Crippen molar-refractivity contribution in [1.82, 2.24) is 19.5 Å². The first-order valence-corrected chi connectivity index (χ1v) is 13.0. The largest absolute Gasteiger partial charge is 0.393 e. The smallest absolute Gasteiger partial charge is 0.139 e. The lowest BCUT2D eigenvalue weighted by molar-refractivity contribution is 0.126. The fourth-order valence-electron chi connectivity index (χ4n) is 5.81. The summed E-state index contributed by atoms with van der Waals surface area (Å²) in [6.07, 6.45) is 6.69. The van der Waals surface area contributed by atoms with Crippen LogP contribution in [0.15, 0.2) is 79.1 Å². The van der Waals surface area contributed by atoms with Crippen molar-refractivity contribution in [1.29, 1.82) is 5.26 Å². The van der Waals surface area contributed by atoms with Crippen molar-refractivity contribution in [3.63, 3.8) is 0 Å². The lowest BCUT2D eigenvalue weighted by atomic mass is 9.93. The molecule has 0 radical (unpaired) electrons. The number of imidazole rings is 1. The Morgan fingerprint density at radius 1 is 0.974 bits per heavy atom. The van der Waals surface area contributed by atoms with Crippen molar-refractivity contribution in [2.24, 2.45) is 0 Å². The SMILES string of the molecule is N#Cc1ccc(-n2c3ccccc3c3c(-c4nc5ccncc5[nH]4)cccc32)cc1N[C@H]1CC[C@H](O)CC1. The molecule has 3 aromatic heterocycles. The maximum absolute atomic E-state index is 9.92. The number of pyridine rings is 1. The van der Waals surface area contributed by atoms with E-state index < -0.39 is 0 Å². The molecule has 0 atom stereocenters. The number of nitrogens with one attached hydrogen (secondary N) is 2. The van der Waals surface area contributed by atoms with Gasteiger partial charge in [-0.2, -0.15) is 5.26 Å². The van der Waals surface area contributed by atoms with Gasteiger partial charge in [0.2, 0.25) is 0 Å². The molecule has 0 aliphatic heterocycles. The Hall–Kier alpha value is -4.67. The number of fused-ring (bicyclic) bond motifs is 4. The van der Waals surface area contributed by atoms with E-state index in [2.05, 4.69) is 74.5 Å². The lowest BCUT2D eigenvalue weighted by Crippen LogP contribution is -2.28. The van der Waals surface area contributed by atoms with Crippen molar-refractivity contribution < 1.29 is 5.11 Å². The van der Waals surface area contributed by atoms with E-state index in [1.165, 1.54) is 0 Å². The molecule has 38 heavy (non-hydrogen) atoms. The van der Waals surface area contributed by atoms with Crippen LogP contribution in [0.2, 0.25) is 0 Å². The Labute approximate surface area is 219 Å². The van der Waals surface area contributed by atoms with Crippen LogP contribution in [-0.2, 0) is 0 Å². The second-order valence-corrected chi connectivity index (χ2v) is 10.0. The maximum Gasteiger partial charge on any atom is 0.139 e. The van der Waals surface area contributed by atoms with Crippen molar-refractivity contribution in [2.45, 2.75) is 37.8 Å². The average Bonchev–Trinajstić information content (AvgIpc) is 3.54. The molecule has 7 heteroatoms. The second-order valence-electron chi connectivity index (χ2n) is 10.0. The molecule has 6 aromatic rings. The summed E-state index contributed by atoms with van der Waals surface area (Å²) in [4.78, 5) is 12.5. The van der Waals surface area contributed by atoms with Crippen molar-refractivity contribution in [3.8, 4) is 23.1 Å². The van der Waals surface area contributed by atoms with Gasteiger partial charge in [0.15, 0.2) is 0 Å². The molecule has 1 aliphatic rings. The molecule has 7 rings (SSSR count). The summed E-state index contributed by atoms with van der Waals surface area (Å²) < 4.78 is 2.26. The van der Waals surface area contributed by atoms with Gasteiger partial charge in [-0.25, -0.2) is 4.98 Å². The van der Waals surface area contributed by atoms with E-state index >= 15 is 0 Å². The standard InChI is InChI=1S/C31H26N6O/c32-17-19-8-11-21(16-26(19)34-20-9-12-22(38)13-10-20)37-28-6-2-1-4-23(28)30-24(5-3-7-29(30)37)31-35-25-14-15-33-18-27(25)36-31/h1-8,11,14-16,18,20,22,34,38H,9-10,12-13H2,(H,35,36)/t20-,22-. The number of H-pyrrole nitrogens is 1. The van der Waals surface area contributed by atoms with Gasteiger partial charge >= 0.3 is 0 Å². The summed E-state index contributed by atoms with van der Waals surface area (Å²) in [6.45, 7) is 0. The van der Waals surface area contributed by atoms with Gasteiger partial charge in [0.05, 0.1) is 45.6 Å². The van der Waals surface area contributed by atoms with Crippen LogP contribution >= 0.6 is 0 Å². The number of hydrogen-bond acceptors (Lipinski definition) is 5. The molecular weight excluding hydrogens is 472 g/mol. The van der Waals surface area contributed by atoms with Crippen LogP contribution in [0.1, 0.15) is 31.2 Å². The molecule has 7 nitrogen and oxygen atoms in total. The first kappa shape index (κ1) is 22.5. The summed E-state index contributed by atoms with van der Waals surface area (Å²) in [5.41, 5.74) is 7.41. The highest BCUT2D eigenvalue weighted by molar-refractivity contribution is 6.15. The number of hydrogen-bond donors (Lipinski definition) is 3. The molecule has 3 aromatic carbocycles. The van der Waals surface area contributed by atoms with Crippen molar-refractivity contribution in [3.05, 3.63) is 84.7 Å². The van der Waals surface area contributed by atoms with Gasteiger partial charge in [0.1, 0.15) is 11.9 Å². The van der Waals surface area contributed by atoms with Gasteiger partial charge in [0.25, 0.3) is 0 Å². The van der Waals surface area contributed by atoms with Gasteiger partial charge in [-0.15, -0.1) is 0 Å². The highest BCUT2D eigenvalue weighted by atomic mass is 16.3. The van der Waals surface area contributed by atoms with Crippen molar-refractivity contribution >= 4 is 38.5 Å².